The highest BCUT2D eigenvalue weighted by molar-refractivity contribution is 6.20. The van der Waals surface area contributed by atoms with Crippen molar-refractivity contribution in [2.75, 3.05) is 0 Å². The molecule has 110 valence electrons. The van der Waals surface area contributed by atoms with Crippen LogP contribution in [0, 0.1) is 0 Å². The van der Waals surface area contributed by atoms with Crippen LogP contribution < -0.4 is 0 Å². The molecule has 0 aromatic carbocycles. The van der Waals surface area contributed by atoms with Gasteiger partial charge in [-0.25, -0.2) is 4.79 Å². The van der Waals surface area contributed by atoms with Gasteiger partial charge in [-0.15, -0.1) is 0 Å². The minimum atomic E-state index is -2.69. The number of carboxylic acid groups (broad SMARTS) is 2. The van der Waals surface area contributed by atoms with Gasteiger partial charge in [0, 0.05) is 0 Å². The first-order valence-corrected chi connectivity index (χ1v) is 6.16. The number of esters is 1. The van der Waals surface area contributed by atoms with Gasteiger partial charge in [0.15, 0.2) is 11.2 Å². The van der Waals surface area contributed by atoms with E-state index >= 15 is 0 Å². The lowest BCUT2D eigenvalue weighted by Crippen LogP contribution is -2.43. The minimum absolute atomic E-state index is 0.397. The zero-order valence-corrected chi connectivity index (χ0v) is 11.2. The SMILES string of the molecule is CCCCC(Cl)OC(=O)CC(O)(CC(=O)O)C(=O)O. The van der Waals surface area contributed by atoms with Gasteiger partial charge >= 0.3 is 17.9 Å². The molecule has 0 rings (SSSR count). The predicted molar refractivity (Wildman–Crippen MR) is 64.7 cm³/mol. The molecule has 0 saturated heterocycles. The van der Waals surface area contributed by atoms with Crippen LogP contribution in [0.4, 0.5) is 0 Å². The van der Waals surface area contributed by atoms with E-state index in [0.717, 1.165) is 12.8 Å². The number of halogens is 1. The summed E-state index contributed by atoms with van der Waals surface area (Å²) in [6, 6.07) is 0. The molecule has 8 heteroatoms. The quantitative estimate of drug-likeness (QED) is 0.428. The maximum Gasteiger partial charge on any atom is 0.336 e. The van der Waals surface area contributed by atoms with Crippen molar-refractivity contribution in [2.24, 2.45) is 0 Å². The lowest BCUT2D eigenvalue weighted by Gasteiger charge is -2.21. The lowest BCUT2D eigenvalue weighted by atomic mass is 9.96. The number of carbonyl (C=O) groups is 3. The summed E-state index contributed by atoms with van der Waals surface area (Å²) in [6.07, 6.45) is -0.101. The number of aliphatic hydroxyl groups is 1. The van der Waals surface area contributed by atoms with Crippen molar-refractivity contribution in [1.82, 2.24) is 0 Å². The fraction of sp³-hybridized carbons (Fsp3) is 0.727. The van der Waals surface area contributed by atoms with E-state index in [1.165, 1.54) is 0 Å². The number of rotatable bonds is 9. The Morgan fingerprint density at radius 2 is 1.84 bits per heavy atom. The molecule has 0 amide bonds. The van der Waals surface area contributed by atoms with E-state index in [9.17, 15) is 19.5 Å². The number of hydrogen-bond acceptors (Lipinski definition) is 5. The standard InChI is InChI=1S/C11H17ClO7/c1-2-3-4-7(12)19-9(15)6-11(18,10(16)17)5-8(13)14/h7,18H,2-6H2,1H3,(H,13,14)(H,16,17). The molecule has 0 heterocycles. The molecular formula is C11H17ClO7. The first-order valence-electron chi connectivity index (χ1n) is 5.72. The second kappa shape index (κ2) is 7.96. The molecule has 0 aliphatic heterocycles. The molecule has 0 aliphatic carbocycles. The Hall–Kier alpha value is -1.34. The van der Waals surface area contributed by atoms with Crippen molar-refractivity contribution >= 4 is 29.5 Å². The molecule has 0 radical (unpaired) electrons. The topological polar surface area (TPSA) is 121 Å². The number of hydrogen-bond donors (Lipinski definition) is 3. The van der Waals surface area contributed by atoms with E-state index in [-0.39, 0.29) is 0 Å². The summed E-state index contributed by atoms with van der Waals surface area (Å²) in [5.41, 5.74) is -3.61. The third-order valence-electron chi connectivity index (χ3n) is 2.32. The van der Waals surface area contributed by atoms with Crippen LogP contribution >= 0.6 is 11.6 Å². The highest BCUT2D eigenvalue weighted by Crippen LogP contribution is 2.19. The van der Waals surface area contributed by atoms with Gasteiger partial charge in [0.1, 0.15) is 0 Å². The van der Waals surface area contributed by atoms with Crippen LogP contribution in [0.5, 0.6) is 0 Å². The number of carboxylic acids is 2. The first kappa shape index (κ1) is 17.7. The summed E-state index contributed by atoms with van der Waals surface area (Å²) >= 11 is 5.68. The van der Waals surface area contributed by atoms with Crippen LogP contribution in [0.1, 0.15) is 39.0 Å². The van der Waals surface area contributed by atoms with Crippen molar-refractivity contribution < 1.29 is 34.4 Å². The highest BCUT2D eigenvalue weighted by Gasteiger charge is 2.41. The molecule has 0 saturated carbocycles. The summed E-state index contributed by atoms with van der Waals surface area (Å²) in [5.74, 6) is -4.39. The molecule has 19 heavy (non-hydrogen) atoms. The second-order valence-electron chi connectivity index (χ2n) is 4.13. The van der Waals surface area contributed by atoms with E-state index in [4.69, 9.17) is 26.6 Å². The number of aliphatic carboxylic acids is 2. The van der Waals surface area contributed by atoms with Gasteiger partial charge in [0.2, 0.25) is 0 Å². The van der Waals surface area contributed by atoms with Crippen LogP contribution in [0.25, 0.3) is 0 Å². The fourth-order valence-electron chi connectivity index (χ4n) is 1.31. The molecular weight excluding hydrogens is 280 g/mol. The smallest absolute Gasteiger partial charge is 0.336 e. The molecule has 3 N–H and O–H groups in total. The van der Waals surface area contributed by atoms with Crippen LogP contribution in [0.2, 0.25) is 0 Å². The zero-order chi connectivity index (χ0) is 15.1. The van der Waals surface area contributed by atoms with Gasteiger partial charge in [0.05, 0.1) is 12.8 Å². The van der Waals surface area contributed by atoms with Crippen LogP contribution in [-0.4, -0.2) is 44.4 Å². The average Bonchev–Trinajstić information content (AvgIpc) is 2.24. The molecule has 0 fully saturated rings. The molecule has 2 atom stereocenters. The van der Waals surface area contributed by atoms with Crippen LogP contribution in [0.3, 0.4) is 0 Å². The Bertz CT molecular complexity index is 344. The number of ether oxygens (including phenoxy) is 1. The molecule has 0 spiro atoms. The van der Waals surface area contributed by atoms with Crippen molar-refractivity contribution in [3.05, 3.63) is 0 Å². The Morgan fingerprint density at radius 3 is 2.26 bits per heavy atom. The molecule has 0 bridgehead atoms. The van der Waals surface area contributed by atoms with Gasteiger partial charge in [-0.3, -0.25) is 9.59 Å². The van der Waals surface area contributed by atoms with E-state index < -0.39 is 41.9 Å². The Labute approximate surface area is 115 Å². The number of alkyl halides is 1. The fourth-order valence-corrected chi connectivity index (χ4v) is 1.56. The average molecular weight is 297 g/mol. The second-order valence-corrected chi connectivity index (χ2v) is 4.61. The van der Waals surface area contributed by atoms with Gasteiger partial charge in [-0.05, 0) is 12.8 Å². The number of unbranched alkanes of at least 4 members (excludes halogenated alkanes) is 1. The largest absolute Gasteiger partial charge is 0.481 e. The van der Waals surface area contributed by atoms with Crippen LogP contribution in [-0.2, 0) is 19.1 Å². The van der Waals surface area contributed by atoms with E-state index in [1.54, 1.807) is 0 Å². The maximum absolute atomic E-state index is 11.4. The maximum atomic E-state index is 11.4. The predicted octanol–water partition coefficient (Wildman–Crippen LogP) is 0.965. The van der Waals surface area contributed by atoms with E-state index in [2.05, 4.69) is 0 Å². The third kappa shape index (κ3) is 6.97. The summed E-state index contributed by atoms with van der Waals surface area (Å²) in [7, 11) is 0. The van der Waals surface area contributed by atoms with Crippen molar-refractivity contribution in [1.29, 1.82) is 0 Å². The monoisotopic (exact) mass is 296 g/mol. The van der Waals surface area contributed by atoms with Gasteiger partial charge in [-0.2, -0.15) is 0 Å². The third-order valence-corrected chi connectivity index (χ3v) is 2.63. The van der Waals surface area contributed by atoms with Crippen molar-refractivity contribution in [2.45, 2.75) is 50.2 Å². The Morgan fingerprint density at radius 1 is 1.26 bits per heavy atom. The number of carbonyl (C=O) groups excluding carboxylic acids is 1. The van der Waals surface area contributed by atoms with Gasteiger partial charge < -0.3 is 20.1 Å². The summed E-state index contributed by atoms with van der Waals surface area (Å²) in [4.78, 5) is 32.7. The lowest BCUT2D eigenvalue weighted by molar-refractivity contribution is -0.172. The summed E-state index contributed by atoms with van der Waals surface area (Å²) < 4.78 is 4.69. The van der Waals surface area contributed by atoms with Crippen LogP contribution in [0.15, 0.2) is 0 Å². The first-order chi connectivity index (χ1) is 8.71. The Kier molecular flexibility index (Phi) is 7.40. The highest BCUT2D eigenvalue weighted by atomic mass is 35.5. The van der Waals surface area contributed by atoms with Crippen molar-refractivity contribution in [3.63, 3.8) is 0 Å². The van der Waals surface area contributed by atoms with Gasteiger partial charge in [-0.1, -0.05) is 24.9 Å². The van der Waals surface area contributed by atoms with Gasteiger partial charge in [0.25, 0.3) is 0 Å². The van der Waals surface area contributed by atoms with E-state index in [0.29, 0.717) is 6.42 Å². The van der Waals surface area contributed by atoms with E-state index in [1.807, 2.05) is 6.92 Å². The zero-order valence-electron chi connectivity index (χ0n) is 10.5. The molecule has 0 aromatic heterocycles. The molecule has 7 nitrogen and oxygen atoms in total. The molecule has 0 aromatic rings. The van der Waals surface area contributed by atoms with Crippen molar-refractivity contribution in [3.8, 4) is 0 Å². The molecule has 0 aliphatic rings. The molecule has 2 unspecified atom stereocenters. The Balaban J connectivity index is 4.48. The normalized spacial score (nSPS) is 15.3. The minimum Gasteiger partial charge on any atom is -0.481 e. The summed E-state index contributed by atoms with van der Waals surface area (Å²) in [5, 5.41) is 26.9. The summed E-state index contributed by atoms with van der Waals surface area (Å²) in [6.45, 7) is 1.92.